The summed E-state index contributed by atoms with van der Waals surface area (Å²) >= 11 is 5.94. The maximum Gasteiger partial charge on any atom is 0.232 e. The number of hydrogen-bond acceptors (Lipinski definition) is 2. The van der Waals surface area contributed by atoms with Crippen molar-refractivity contribution in [3.05, 3.63) is 76.0 Å². The van der Waals surface area contributed by atoms with E-state index in [0.29, 0.717) is 35.4 Å². The summed E-state index contributed by atoms with van der Waals surface area (Å²) in [7, 11) is 0. The average molecular weight is 416 g/mol. The van der Waals surface area contributed by atoms with Gasteiger partial charge in [-0.25, -0.2) is 8.78 Å². The third kappa shape index (κ3) is 3.48. The zero-order chi connectivity index (χ0) is 20.9. The lowest BCUT2D eigenvalue weighted by Gasteiger charge is -2.43. The first kappa shape index (κ1) is 19.8. The molecule has 150 valence electrons. The number of anilines is 1. The largest absolute Gasteiger partial charge is 0.294 e. The van der Waals surface area contributed by atoms with E-state index in [1.807, 2.05) is 13.8 Å². The highest BCUT2D eigenvalue weighted by Gasteiger charge is 2.44. The van der Waals surface area contributed by atoms with Gasteiger partial charge in [0, 0.05) is 30.0 Å². The van der Waals surface area contributed by atoms with E-state index in [2.05, 4.69) is 0 Å². The number of nitrogens with zero attached hydrogens (tertiary/aromatic N) is 1. The molecule has 2 aromatic rings. The van der Waals surface area contributed by atoms with Gasteiger partial charge in [0.05, 0.1) is 10.7 Å². The fourth-order valence-corrected chi connectivity index (χ4v) is 4.54. The quantitative estimate of drug-likeness (QED) is 0.623. The average Bonchev–Trinajstić information content (AvgIpc) is 2.63. The summed E-state index contributed by atoms with van der Waals surface area (Å²) in [5.41, 5.74) is 1.42. The summed E-state index contributed by atoms with van der Waals surface area (Å²) in [6, 6.07) is 10.3. The van der Waals surface area contributed by atoms with Crippen molar-refractivity contribution in [3.8, 4) is 0 Å². The van der Waals surface area contributed by atoms with E-state index in [1.54, 1.807) is 18.2 Å². The van der Waals surface area contributed by atoms with Crippen molar-refractivity contribution >= 4 is 29.0 Å². The molecule has 1 heterocycles. The molecule has 1 aliphatic carbocycles. The molecule has 4 rings (SSSR count). The number of Topliss-reactive ketones (excluding diaryl/α,β-unsaturated/α-hetero) is 1. The minimum Gasteiger partial charge on any atom is -0.294 e. The molecule has 0 aromatic heterocycles. The van der Waals surface area contributed by atoms with Crippen molar-refractivity contribution in [1.29, 1.82) is 0 Å². The van der Waals surface area contributed by atoms with Crippen molar-refractivity contribution < 1.29 is 18.4 Å². The van der Waals surface area contributed by atoms with Gasteiger partial charge in [-0.1, -0.05) is 43.6 Å². The van der Waals surface area contributed by atoms with Crippen LogP contribution < -0.4 is 4.90 Å². The lowest BCUT2D eigenvalue weighted by molar-refractivity contribution is -0.121. The molecule has 0 bridgehead atoms. The normalized spacial score (nSPS) is 21.4. The van der Waals surface area contributed by atoms with E-state index < -0.39 is 17.6 Å². The van der Waals surface area contributed by atoms with Crippen LogP contribution in [-0.4, -0.2) is 11.7 Å². The number of amides is 1. The third-order valence-corrected chi connectivity index (χ3v) is 5.87. The maximum absolute atomic E-state index is 14.5. The van der Waals surface area contributed by atoms with Gasteiger partial charge in [0.15, 0.2) is 5.78 Å². The van der Waals surface area contributed by atoms with E-state index in [1.165, 1.54) is 29.2 Å². The molecule has 6 heteroatoms. The molecule has 0 fully saturated rings. The Morgan fingerprint density at radius 3 is 2.45 bits per heavy atom. The Morgan fingerprint density at radius 1 is 1.03 bits per heavy atom. The first-order chi connectivity index (χ1) is 13.7. The lowest BCUT2D eigenvalue weighted by Crippen LogP contribution is -2.43. The first-order valence-corrected chi connectivity index (χ1v) is 9.84. The summed E-state index contributed by atoms with van der Waals surface area (Å²) in [6.07, 6.45) is 0.754. The van der Waals surface area contributed by atoms with Crippen LogP contribution in [0.3, 0.4) is 0 Å². The number of allylic oxidation sites excluding steroid dienone is 2. The van der Waals surface area contributed by atoms with Crippen LogP contribution in [0.15, 0.2) is 53.7 Å². The molecule has 2 aromatic carbocycles. The van der Waals surface area contributed by atoms with Gasteiger partial charge < -0.3 is 0 Å². The Kier molecular flexibility index (Phi) is 4.82. The smallest absolute Gasteiger partial charge is 0.232 e. The highest BCUT2D eigenvalue weighted by molar-refractivity contribution is 6.31. The second-order valence-corrected chi connectivity index (χ2v) is 8.81. The van der Waals surface area contributed by atoms with E-state index in [-0.39, 0.29) is 28.5 Å². The van der Waals surface area contributed by atoms with Crippen molar-refractivity contribution in [1.82, 2.24) is 0 Å². The fraction of sp³-hybridized carbons (Fsp3) is 0.304. The van der Waals surface area contributed by atoms with Gasteiger partial charge in [-0.15, -0.1) is 0 Å². The molecule has 1 aliphatic heterocycles. The Balaban J connectivity index is 1.92. The Hall–Kier alpha value is -2.53. The van der Waals surface area contributed by atoms with Crippen LogP contribution in [0.1, 0.15) is 44.6 Å². The molecule has 0 spiro atoms. The second-order valence-electron chi connectivity index (χ2n) is 8.41. The molecule has 29 heavy (non-hydrogen) atoms. The summed E-state index contributed by atoms with van der Waals surface area (Å²) < 4.78 is 28.2. The lowest BCUT2D eigenvalue weighted by atomic mass is 9.69. The van der Waals surface area contributed by atoms with E-state index in [9.17, 15) is 18.4 Å². The Labute approximate surface area is 173 Å². The van der Waals surface area contributed by atoms with E-state index in [4.69, 9.17) is 11.6 Å². The minimum absolute atomic E-state index is 0.0407. The van der Waals surface area contributed by atoms with Gasteiger partial charge in [0.1, 0.15) is 11.6 Å². The standard InChI is InChI=1S/C23H20ClF2NO2/c1-23(2)11-19-22(20(28)12-23)15(14-5-3-4-6-17(14)25)10-21(29)27(19)13-7-8-18(26)16(24)9-13/h3-9,15H,10-12H2,1-2H3. The van der Waals surface area contributed by atoms with E-state index in [0.717, 1.165) is 0 Å². The fourth-order valence-electron chi connectivity index (χ4n) is 4.36. The molecule has 2 aliphatic rings. The SMILES string of the molecule is CC1(C)CC(=O)C2=C(C1)N(c1ccc(F)c(Cl)c1)C(=O)CC2c1ccccc1F. The van der Waals surface area contributed by atoms with Crippen LogP contribution in [0.5, 0.6) is 0 Å². The number of carbonyl (C=O) groups excluding carboxylic acids is 2. The maximum atomic E-state index is 14.5. The van der Waals surface area contributed by atoms with Crippen LogP contribution in [0.2, 0.25) is 5.02 Å². The molecule has 0 saturated carbocycles. The number of rotatable bonds is 2. The molecule has 1 unspecified atom stereocenters. The molecular weight excluding hydrogens is 396 g/mol. The van der Waals surface area contributed by atoms with E-state index >= 15 is 0 Å². The van der Waals surface area contributed by atoms with Crippen LogP contribution in [-0.2, 0) is 9.59 Å². The molecule has 3 nitrogen and oxygen atoms in total. The van der Waals surface area contributed by atoms with Crippen molar-refractivity contribution in [2.24, 2.45) is 5.41 Å². The minimum atomic E-state index is -0.630. The van der Waals surface area contributed by atoms with Gasteiger partial charge >= 0.3 is 0 Å². The monoisotopic (exact) mass is 415 g/mol. The number of benzene rings is 2. The third-order valence-electron chi connectivity index (χ3n) is 5.58. The molecule has 0 radical (unpaired) electrons. The number of halogens is 3. The topological polar surface area (TPSA) is 37.4 Å². The number of ketones is 1. The van der Waals surface area contributed by atoms with Crippen LogP contribution >= 0.6 is 11.6 Å². The molecular formula is C23H20ClF2NO2. The first-order valence-electron chi connectivity index (χ1n) is 9.46. The predicted octanol–water partition coefficient (Wildman–Crippen LogP) is 5.78. The number of hydrogen-bond donors (Lipinski definition) is 0. The molecule has 0 N–H and O–H groups in total. The number of carbonyl (C=O) groups is 2. The summed E-state index contributed by atoms with van der Waals surface area (Å²) in [6.45, 7) is 3.92. The zero-order valence-corrected chi connectivity index (χ0v) is 16.9. The highest BCUT2D eigenvalue weighted by atomic mass is 35.5. The van der Waals surface area contributed by atoms with Gasteiger partial charge in [0.25, 0.3) is 0 Å². The van der Waals surface area contributed by atoms with Gasteiger partial charge in [0.2, 0.25) is 5.91 Å². The van der Waals surface area contributed by atoms with Crippen molar-refractivity contribution in [2.45, 2.75) is 39.0 Å². The molecule has 1 atom stereocenters. The van der Waals surface area contributed by atoms with Gasteiger partial charge in [-0.2, -0.15) is 0 Å². The van der Waals surface area contributed by atoms with Gasteiger partial charge in [-0.3, -0.25) is 14.5 Å². The molecule has 1 amide bonds. The van der Waals surface area contributed by atoms with Crippen molar-refractivity contribution in [3.63, 3.8) is 0 Å². The highest BCUT2D eigenvalue weighted by Crippen LogP contribution is 2.48. The summed E-state index contributed by atoms with van der Waals surface area (Å²) in [5, 5.41) is -0.102. The van der Waals surface area contributed by atoms with Crippen LogP contribution in [0.4, 0.5) is 14.5 Å². The Morgan fingerprint density at radius 2 is 1.76 bits per heavy atom. The predicted molar refractivity (Wildman–Crippen MR) is 108 cm³/mol. The Bertz CT molecular complexity index is 1060. The van der Waals surface area contributed by atoms with Crippen LogP contribution in [0, 0.1) is 17.0 Å². The summed E-state index contributed by atoms with van der Waals surface area (Å²) in [4.78, 5) is 27.8. The molecule has 0 saturated heterocycles. The second kappa shape index (κ2) is 7.06. The van der Waals surface area contributed by atoms with Crippen LogP contribution in [0.25, 0.3) is 0 Å². The van der Waals surface area contributed by atoms with Crippen molar-refractivity contribution in [2.75, 3.05) is 4.90 Å². The van der Waals surface area contributed by atoms with Gasteiger partial charge in [-0.05, 0) is 41.7 Å². The summed E-state index contributed by atoms with van der Waals surface area (Å²) in [5.74, 6) is -2.01. The zero-order valence-electron chi connectivity index (χ0n) is 16.1.